The van der Waals surface area contributed by atoms with E-state index in [0.29, 0.717) is 5.78 Å². The largest absolute Gasteiger partial charge is 0.497 e. The highest BCUT2D eigenvalue weighted by atomic mass is 19.1. The van der Waals surface area contributed by atoms with Crippen LogP contribution in [0.3, 0.4) is 0 Å². The molecule has 4 rings (SSSR count). The fourth-order valence-electron chi connectivity index (χ4n) is 2.80. The molecule has 0 radical (unpaired) electrons. The molecule has 0 fully saturated rings. The van der Waals surface area contributed by atoms with Gasteiger partial charge in [0, 0.05) is 30.1 Å². The van der Waals surface area contributed by atoms with Crippen LogP contribution in [0.5, 0.6) is 5.75 Å². The summed E-state index contributed by atoms with van der Waals surface area (Å²) in [6.07, 6.45) is 6.31. The van der Waals surface area contributed by atoms with Gasteiger partial charge in [-0.05, 0) is 35.4 Å². The average molecular weight is 333 g/mol. The molecule has 2 aromatic heterocycles. The molecule has 124 valence electrons. The normalized spacial score (nSPS) is 11.0. The quantitative estimate of drug-likeness (QED) is 0.563. The maximum absolute atomic E-state index is 13.1. The van der Waals surface area contributed by atoms with Crippen LogP contribution >= 0.6 is 0 Å². The van der Waals surface area contributed by atoms with Crippen LogP contribution < -0.4 is 4.74 Å². The van der Waals surface area contributed by atoms with Gasteiger partial charge in [-0.2, -0.15) is 0 Å². The molecule has 0 unspecified atom stereocenters. The van der Waals surface area contributed by atoms with Crippen molar-refractivity contribution >= 4 is 5.78 Å². The zero-order valence-electron chi connectivity index (χ0n) is 13.7. The molecule has 0 bridgehead atoms. The Morgan fingerprint density at radius 2 is 1.64 bits per heavy atom. The predicted molar refractivity (Wildman–Crippen MR) is 94.2 cm³/mol. The number of ether oxygens (including phenoxy) is 1. The first-order chi connectivity index (χ1) is 12.2. The summed E-state index contributed by atoms with van der Waals surface area (Å²) in [5.41, 5.74) is 4.03. The third-order valence-corrected chi connectivity index (χ3v) is 4.16. The van der Waals surface area contributed by atoms with E-state index in [-0.39, 0.29) is 5.82 Å². The van der Waals surface area contributed by atoms with Crippen LogP contribution in [0.15, 0.2) is 67.1 Å². The second-order valence-corrected chi connectivity index (χ2v) is 5.79. The molecule has 0 aliphatic heterocycles. The van der Waals surface area contributed by atoms with Crippen LogP contribution in [0, 0.1) is 5.82 Å². The van der Waals surface area contributed by atoms with Crippen molar-refractivity contribution < 1.29 is 9.13 Å². The summed E-state index contributed by atoms with van der Waals surface area (Å²) in [6.45, 7) is 0. The molecule has 0 aliphatic carbocycles. The molecule has 5 heteroatoms. The summed E-state index contributed by atoms with van der Waals surface area (Å²) in [5.74, 6) is 1.23. The second kappa shape index (κ2) is 6.36. The lowest BCUT2D eigenvalue weighted by Crippen LogP contribution is -1.97. The minimum atomic E-state index is -0.249. The van der Waals surface area contributed by atoms with Gasteiger partial charge in [-0.3, -0.25) is 4.40 Å². The molecular weight excluding hydrogens is 317 g/mol. The van der Waals surface area contributed by atoms with Gasteiger partial charge in [-0.15, -0.1) is 0 Å². The zero-order valence-corrected chi connectivity index (χ0v) is 13.7. The Labute approximate surface area is 144 Å². The smallest absolute Gasteiger partial charge is 0.233 e. The Hall–Kier alpha value is -3.21. The lowest BCUT2D eigenvalue weighted by Gasteiger charge is -2.06. The number of hydrogen-bond donors (Lipinski definition) is 0. The monoisotopic (exact) mass is 333 g/mol. The van der Waals surface area contributed by atoms with E-state index in [2.05, 4.69) is 9.97 Å². The van der Waals surface area contributed by atoms with Crippen molar-refractivity contribution in [2.75, 3.05) is 7.11 Å². The number of benzene rings is 2. The summed E-state index contributed by atoms with van der Waals surface area (Å²) in [6, 6.07) is 14.4. The van der Waals surface area contributed by atoms with Gasteiger partial charge in [0.15, 0.2) is 0 Å². The molecular formula is C20H16FN3O. The third kappa shape index (κ3) is 3.08. The number of methoxy groups -OCH3 is 1. The number of halogens is 1. The average Bonchev–Trinajstić information content (AvgIpc) is 3.05. The van der Waals surface area contributed by atoms with Crippen molar-refractivity contribution in [1.29, 1.82) is 0 Å². The fraction of sp³-hybridized carbons (Fsp3) is 0.100. The van der Waals surface area contributed by atoms with Crippen molar-refractivity contribution in [3.05, 3.63) is 84.2 Å². The van der Waals surface area contributed by atoms with Gasteiger partial charge in [0.25, 0.3) is 0 Å². The molecule has 4 aromatic rings. The van der Waals surface area contributed by atoms with Gasteiger partial charge in [-0.25, -0.2) is 14.4 Å². The molecule has 0 N–H and O–H groups in total. The van der Waals surface area contributed by atoms with Crippen LogP contribution in [0.1, 0.15) is 11.3 Å². The van der Waals surface area contributed by atoms with E-state index in [0.717, 1.165) is 34.6 Å². The van der Waals surface area contributed by atoms with Crippen molar-refractivity contribution in [3.8, 4) is 16.9 Å². The van der Waals surface area contributed by atoms with E-state index in [4.69, 9.17) is 4.74 Å². The van der Waals surface area contributed by atoms with E-state index >= 15 is 0 Å². The maximum Gasteiger partial charge on any atom is 0.233 e. The first-order valence-corrected chi connectivity index (χ1v) is 7.94. The summed E-state index contributed by atoms with van der Waals surface area (Å²) >= 11 is 0. The molecule has 0 spiro atoms. The minimum Gasteiger partial charge on any atom is -0.497 e. The topological polar surface area (TPSA) is 39.4 Å². The van der Waals surface area contributed by atoms with Crippen LogP contribution in [0.2, 0.25) is 0 Å². The number of rotatable bonds is 4. The Morgan fingerprint density at radius 1 is 0.920 bits per heavy atom. The van der Waals surface area contributed by atoms with E-state index in [1.54, 1.807) is 25.4 Å². The number of hydrogen-bond acceptors (Lipinski definition) is 3. The van der Waals surface area contributed by atoms with E-state index in [1.165, 1.54) is 12.1 Å². The van der Waals surface area contributed by atoms with Crippen molar-refractivity contribution in [2.45, 2.75) is 6.42 Å². The van der Waals surface area contributed by atoms with Gasteiger partial charge in [0.2, 0.25) is 5.78 Å². The Balaban J connectivity index is 1.69. The minimum absolute atomic E-state index is 0.249. The Kier molecular flexibility index (Phi) is 3.90. The number of aromatic nitrogens is 3. The molecule has 0 saturated heterocycles. The van der Waals surface area contributed by atoms with E-state index < -0.39 is 0 Å². The molecule has 25 heavy (non-hydrogen) atoms. The van der Waals surface area contributed by atoms with Crippen LogP contribution in [-0.2, 0) is 6.42 Å². The molecule has 0 atom stereocenters. The van der Waals surface area contributed by atoms with E-state index in [9.17, 15) is 4.39 Å². The number of fused-ring (bicyclic) bond motifs is 1. The number of imidazole rings is 1. The summed E-state index contributed by atoms with van der Waals surface area (Å²) < 4.78 is 20.3. The molecule has 4 nitrogen and oxygen atoms in total. The second-order valence-electron chi connectivity index (χ2n) is 5.79. The van der Waals surface area contributed by atoms with Gasteiger partial charge in [0.05, 0.1) is 13.3 Å². The first-order valence-electron chi connectivity index (χ1n) is 7.94. The van der Waals surface area contributed by atoms with Gasteiger partial charge in [-0.1, -0.05) is 24.3 Å². The Bertz CT molecular complexity index is 1010. The van der Waals surface area contributed by atoms with Crippen molar-refractivity contribution in [1.82, 2.24) is 14.4 Å². The maximum atomic E-state index is 13.1. The first kappa shape index (κ1) is 15.3. The van der Waals surface area contributed by atoms with Crippen LogP contribution in [-0.4, -0.2) is 21.5 Å². The molecule has 0 aliphatic rings. The molecule has 0 saturated carbocycles. The Morgan fingerprint density at radius 3 is 2.36 bits per heavy atom. The molecule has 2 aromatic carbocycles. The lowest BCUT2D eigenvalue weighted by molar-refractivity contribution is 0.414. The summed E-state index contributed by atoms with van der Waals surface area (Å²) in [7, 11) is 1.65. The van der Waals surface area contributed by atoms with E-state index in [1.807, 2.05) is 41.1 Å². The highest BCUT2D eigenvalue weighted by molar-refractivity contribution is 5.62. The molecule has 2 heterocycles. The van der Waals surface area contributed by atoms with Crippen LogP contribution in [0.25, 0.3) is 16.9 Å². The van der Waals surface area contributed by atoms with Gasteiger partial charge in [0.1, 0.15) is 11.6 Å². The molecule has 0 amide bonds. The highest BCUT2D eigenvalue weighted by Gasteiger charge is 2.08. The van der Waals surface area contributed by atoms with Crippen LogP contribution in [0.4, 0.5) is 4.39 Å². The summed E-state index contributed by atoms with van der Waals surface area (Å²) in [5, 5.41) is 0. The highest BCUT2D eigenvalue weighted by Crippen LogP contribution is 2.21. The lowest BCUT2D eigenvalue weighted by atomic mass is 10.1. The SMILES string of the molecule is COc1ccc(Cc2cnc3ncc(-c4ccc(F)cc4)cn23)cc1. The van der Waals surface area contributed by atoms with Gasteiger partial charge >= 0.3 is 0 Å². The fourth-order valence-corrected chi connectivity index (χ4v) is 2.80. The van der Waals surface area contributed by atoms with Gasteiger partial charge < -0.3 is 4.74 Å². The standard InChI is InChI=1S/C20H16FN3O/c1-25-19-8-2-14(3-9-19)10-18-12-23-20-22-11-16(13-24(18)20)15-4-6-17(21)7-5-15/h2-9,11-13H,10H2,1H3. The number of nitrogens with zero attached hydrogens (tertiary/aromatic N) is 3. The third-order valence-electron chi connectivity index (χ3n) is 4.16. The summed E-state index contributed by atoms with van der Waals surface area (Å²) in [4.78, 5) is 8.77. The predicted octanol–water partition coefficient (Wildman–Crippen LogP) is 4.13. The van der Waals surface area contributed by atoms with Crippen molar-refractivity contribution in [2.24, 2.45) is 0 Å². The zero-order chi connectivity index (χ0) is 17.2. The van der Waals surface area contributed by atoms with Crippen molar-refractivity contribution in [3.63, 3.8) is 0 Å².